The second kappa shape index (κ2) is 5.82. The van der Waals surface area contributed by atoms with Crippen LogP contribution in [0, 0.1) is 0 Å². The Morgan fingerprint density at radius 1 is 1.50 bits per heavy atom. The highest BCUT2D eigenvalue weighted by molar-refractivity contribution is 7.09. The third-order valence-corrected chi connectivity index (χ3v) is 5.20. The van der Waals surface area contributed by atoms with Crippen LogP contribution in [0.4, 0.5) is 0 Å². The lowest BCUT2D eigenvalue weighted by molar-refractivity contribution is -0.134. The summed E-state index contributed by atoms with van der Waals surface area (Å²) >= 11 is 1.65. The second-order valence-electron chi connectivity index (χ2n) is 6.64. The van der Waals surface area contributed by atoms with Crippen LogP contribution in [0.3, 0.4) is 0 Å². The van der Waals surface area contributed by atoms with Crippen molar-refractivity contribution < 1.29 is 4.79 Å². The Morgan fingerprint density at radius 3 is 2.80 bits per heavy atom. The van der Waals surface area contributed by atoms with E-state index in [2.05, 4.69) is 44.9 Å². The van der Waals surface area contributed by atoms with E-state index >= 15 is 0 Å². The number of rotatable bonds is 2. The molecule has 2 atom stereocenters. The highest BCUT2D eigenvalue weighted by atomic mass is 32.1. The monoisotopic (exact) mass is 295 g/mol. The molecule has 2 rings (SSSR count). The van der Waals surface area contributed by atoms with Crippen LogP contribution in [-0.4, -0.2) is 41.0 Å². The van der Waals surface area contributed by atoms with Crippen molar-refractivity contribution in [1.29, 1.82) is 0 Å². The molecule has 1 fully saturated rings. The van der Waals surface area contributed by atoms with Gasteiger partial charge in [0.15, 0.2) is 0 Å². The van der Waals surface area contributed by atoms with Gasteiger partial charge in [-0.1, -0.05) is 20.8 Å². The first kappa shape index (κ1) is 15.4. The smallest absolute Gasteiger partial charge is 0.228 e. The lowest BCUT2D eigenvalue weighted by Gasteiger charge is -2.38. The first-order valence-corrected chi connectivity index (χ1v) is 8.14. The Kier molecular flexibility index (Phi) is 4.49. The molecular formula is C15H25N3OS. The van der Waals surface area contributed by atoms with Crippen molar-refractivity contribution in [2.24, 2.45) is 0 Å². The van der Waals surface area contributed by atoms with Gasteiger partial charge < -0.3 is 10.2 Å². The Morgan fingerprint density at radius 2 is 2.20 bits per heavy atom. The predicted molar refractivity (Wildman–Crippen MR) is 83.2 cm³/mol. The molecule has 112 valence electrons. The van der Waals surface area contributed by atoms with E-state index in [0.29, 0.717) is 12.5 Å². The summed E-state index contributed by atoms with van der Waals surface area (Å²) in [7, 11) is 0. The minimum atomic E-state index is 0.0583. The van der Waals surface area contributed by atoms with Crippen molar-refractivity contribution in [3.05, 3.63) is 16.1 Å². The van der Waals surface area contributed by atoms with Gasteiger partial charge in [0, 0.05) is 36.0 Å². The van der Waals surface area contributed by atoms with Crippen LogP contribution in [0.15, 0.2) is 5.38 Å². The maximum atomic E-state index is 12.4. The van der Waals surface area contributed by atoms with Gasteiger partial charge in [-0.05, 0) is 13.8 Å². The number of nitrogens with one attached hydrogen (secondary N) is 1. The minimum Gasteiger partial charge on any atom is -0.337 e. The van der Waals surface area contributed by atoms with Crippen molar-refractivity contribution in [1.82, 2.24) is 15.2 Å². The number of thiazole rings is 1. The summed E-state index contributed by atoms with van der Waals surface area (Å²) in [6.45, 7) is 12.4. The third kappa shape index (κ3) is 3.38. The highest BCUT2D eigenvalue weighted by Crippen LogP contribution is 2.26. The zero-order valence-corrected chi connectivity index (χ0v) is 13.9. The predicted octanol–water partition coefficient (Wildman–Crippen LogP) is 2.19. The molecule has 1 aliphatic rings. The van der Waals surface area contributed by atoms with Gasteiger partial charge in [-0.2, -0.15) is 0 Å². The molecular weight excluding hydrogens is 270 g/mol. The number of carbonyl (C=O) groups is 1. The standard InChI is InChI=1S/C15H25N3OS/c1-10-11(2)18(7-6-16-10)13(19)8-12-9-20-14(17-12)15(3,4)5/h9-11,16H,6-8H2,1-5H3. The van der Waals surface area contributed by atoms with Gasteiger partial charge in [-0.15, -0.1) is 11.3 Å². The van der Waals surface area contributed by atoms with Gasteiger partial charge >= 0.3 is 0 Å². The number of nitrogens with zero attached hydrogens (tertiary/aromatic N) is 2. The summed E-state index contributed by atoms with van der Waals surface area (Å²) in [5.41, 5.74) is 0.964. The zero-order chi connectivity index (χ0) is 14.9. The molecule has 1 saturated heterocycles. The third-order valence-electron chi connectivity index (χ3n) is 3.88. The molecule has 20 heavy (non-hydrogen) atoms. The first-order chi connectivity index (χ1) is 9.29. The van der Waals surface area contributed by atoms with Gasteiger partial charge in [-0.25, -0.2) is 4.98 Å². The summed E-state index contributed by atoms with van der Waals surface area (Å²) in [5, 5.41) is 6.52. The van der Waals surface area contributed by atoms with E-state index in [-0.39, 0.29) is 17.4 Å². The number of piperazine rings is 1. The van der Waals surface area contributed by atoms with Crippen molar-refractivity contribution >= 4 is 17.2 Å². The molecule has 5 heteroatoms. The Hall–Kier alpha value is -0.940. The molecule has 0 saturated carbocycles. The largest absolute Gasteiger partial charge is 0.337 e. The molecule has 1 N–H and O–H groups in total. The normalized spacial score (nSPS) is 23.9. The van der Waals surface area contributed by atoms with Crippen molar-refractivity contribution in [2.45, 2.75) is 58.5 Å². The Labute approximate surface area is 125 Å². The fourth-order valence-electron chi connectivity index (χ4n) is 2.40. The first-order valence-electron chi connectivity index (χ1n) is 7.27. The van der Waals surface area contributed by atoms with Crippen LogP contribution in [0.25, 0.3) is 0 Å². The maximum Gasteiger partial charge on any atom is 0.228 e. The van der Waals surface area contributed by atoms with Crippen molar-refractivity contribution in [3.63, 3.8) is 0 Å². The minimum absolute atomic E-state index is 0.0583. The summed E-state index contributed by atoms with van der Waals surface area (Å²) in [6, 6.07) is 0.602. The van der Waals surface area contributed by atoms with E-state index < -0.39 is 0 Å². The van der Waals surface area contributed by atoms with Gasteiger partial charge in [-0.3, -0.25) is 4.79 Å². The fraction of sp³-hybridized carbons (Fsp3) is 0.733. The van der Waals surface area contributed by atoms with Crippen LogP contribution in [0.5, 0.6) is 0 Å². The average Bonchev–Trinajstić information content (AvgIpc) is 2.81. The van der Waals surface area contributed by atoms with E-state index in [9.17, 15) is 4.79 Å². The average molecular weight is 295 g/mol. The topological polar surface area (TPSA) is 45.2 Å². The number of amides is 1. The van der Waals surface area contributed by atoms with Gasteiger partial charge in [0.1, 0.15) is 0 Å². The van der Waals surface area contributed by atoms with Crippen molar-refractivity contribution in [3.8, 4) is 0 Å². The maximum absolute atomic E-state index is 12.4. The zero-order valence-electron chi connectivity index (χ0n) is 13.1. The van der Waals surface area contributed by atoms with E-state index in [1.54, 1.807) is 11.3 Å². The van der Waals surface area contributed by atoms with Crippen molar-refractivity contribution in [2.75, 3.05) is 13.1 Å². The van der Waals surface area contributed by atoms with Gasteiger partial charge in [0.25, 0.3) is 0 Å². The summed E-state index contributed by atoms with van der Waals surface area (Å²) in [5.74, 6) is 0.191. The number of hydrogen-bond donors (Lipinski definition) is 1. The summed E-state index contributed by atoms with van der Waals surface area (Å²) < 4.78 is 0. The quantitative estimate of drug-likeness (QED) is 0.909. The molecule has 1 amide bonds. The molecule has 1 aliphatic heterocycles. The molecule has 0 radical (unpaired) electrons. The molecule has 1 aromatic rings. The van der Waals surface area contributed by atoms with Gasteiger partial charge in [0.2, 0.25) is 5.91 Å². The van der Waals surface area contributed by atoms with Crippen LogP contribution in [-0.2, 0) is 16.6 Å². The Bertz CT molecular complexity index is 478. The van der Waals surface area contributed by atoms with Crippen LogP contribution in [0.1, 0.15) is 45.3 Å². The van der Waals surface area contributed by atoms with Crippen LogP contribution in [0.2, 0.25) is 0 Å². The van der Waals surface area contributed by atoms with Crippen LogP contribution < -0.4 is 5.32 Å². The molecule has 2 unspecified atom stereocenters. The van der Waals surface area contributed by atoms with Gasteiger partial charge in [0.05, 0.1) is 17.1 Å². The number of hydrogen-bond acceptors (Lipinski definition) is 4. The highest BCUT2D eigenvalue weighted by Gasteiger charge is 2.28. The molecule has 2 heterocycles. The van der Waals surface area contributed by atoms with E-state index in [4.69, 9.17) is 0 Å². The Balaban J connectivity index is 2.02. The molecule has 0 aliphatic carbocycles. The lowest BCUT2D eigenvalue weighted by atomic mass is 9.98. The number of carbonyl (C=O) groups excluding carboxylic acids is 1. The summed E-state index contributed by atoms with van der Waals surface area (Å²) in [4.78, 5) is 19.0. The summed E-state index contributed by atoms with van der Waals surface area (Å²) in [6.07, 6.45) is 0.420. The molecule has 0 bridgehead atoms. The molecule has 0 spiro atoms. The SMILES string of the molecule is CC1NCCN(C(=O)Cc2csc(C(C)(C)C)n2)C1C. The number of aromatic nitrogens is 1. The molecule has 1 aromatic heterocycles. The van der Waals surface area contributed by atoms with E-state index in [0.717, 1.165) is 23.8 Å². The van der Waals surface area contributed by atoms with E-state index in [1.807, 2.05) is 10.3 Å². The molecule has 0 aromatic carbocycles. The second-order valence-corrected chi connectivity index (χ2v) is 7.50. The fourth-order valence-corrected chi connectivity index (χ4v) is 3.30. The molecule has 4 nitrogen and oxygen atoms in total. The van der Waals surface area contributed by atoms with E-state index in [1.165, 1.54) is 0 Å². The van der Waals surface area contributed by atoms with Crippen LogP contribution >= 0.6 is 11.3 Å². The lowest BCUT2D eigenvalue weighted by Crippen LogP contribution is -2.57.